The van der Waals surface area contributed by atoms with Gasteiger partial charge in [0.1, 0.15) is 0 Å². The number of rotatable bonds is 0. The van der Waals surface area contributed by atoms with Crippen molar-refractivity contribution >= 4 is 0 Å². The molecule has 4 atom stereocenters. The van der Waals surface area contributed by atoms with Crippen LogP contribution in [0.5, 0.6) is 0 Å². The zero-order valence-corrected chi connectivity index (χ0v) is 7.72. The normalized spacial score (nSPS) is 49.5. The fourth-order valence-corrected chi connectivity index (χ4v) is 2.97. The van der Waals surface area contributed by atoms with Crippen molar-refractivity contribution in [1.82, 2.24) is 0 Å². The van der Waals surface area contributed by atoms with Crippen molar-refractivity contribution in [3.05, 3.63) is 24.3 Å². The summed E-state index contributed by atoms with van der Waals surface area (Å²) >= 11 is 0. The third-order valence-corrected chi connectivity index (χ3v) is 3.46. The summed E-state index contributed by atoms with van der Waals surface area (Å²) in [6.45, 7) is 0. The van der Waals surface area contributed by atoms with Crippen molar-refractivity contribution in [2.24, 2.45) is 23.7 Å². The van der Waals surface area contributed by atoms with Gasteiger partial charge in [-0.2, -0.15) is 0 Å². The molecule has 56 valence electrons. The summed E-state index contributed by atoms with van der Waals surface area (Å²) in [7, 11) is 0. The van der Waals surface area contributed by atoms with Gasteiger partial charge in [0.15, 0.2) is 0 Å². The van der Waals surface area contributed by atoms with Crippen LogP contribution in [0.25, 0.3) is 0 Å². The standard InChI is InChI=1S/C10H12.Cr/c1-2-9-7-4-5-8(6-7)10(9)3-1;/h1-2,4-5,7-10H,3,6H2;/q;+2. The Morgan fingerprint density at radius 3 is 2.64 bits per heavy atom. The minimum atomic E-state index is 0. The molecule has 0 spiro atoms. The monoisotopic (exact) mass is 184 g/mol. The van der Waals surface area contributed by atoms with E-state index in [0.717, 1.165) is 23.7 Å². The fraction of sp³-hybridized carbons (Fsp3) is 0.600. The van der Waals surface area contributed by atoms with Crippen molar-refractivity contribution < 1.29 is 17.4 Å². The van der Waals surface area contributed by atoms with Gasteiger partial charge >= 0.3 is 17.4 Å². The Bertz CT molecular complexity index is 217. The maximum Gasteiger partial charge on any atom is 2.00 e. The Balaban J connectivity index is 0.000000480. The van der Waals surface area contributed by atoms with Crippen molar-refractivity contribution in [3.8, 4) is 0 Å². The number of hydrogen-bond acceptors (Lipinski definition) is 0. The van der Waals surface area contributed by atoms with Gasteiger partial charge in [0, 0.05) is 0 Å². The van der Waals surface area contributed by atoms with Crippen molar-refractivity contribution in [2.45, 2.75) is 12.8 Å². The Labute approximate surface area is 78.5 Å². The Kier molecular flexibility index (Phi) is 1.74. The van der Waals surface area contributed by atoms with Gasteiger partial charge in [-0.1, -0.05) is 24.3 Å². The first-order valence-electron chi connectivity index (χ1n) is 4.30. The second-order valence-corrected chi connectivity index (χ2v) is 3.85. The zero-order valence-electron chi connectivity index (χ0n) is 6.44. The zero-order chi connectivity index (χ0) is 6.55. The molecule has 3 aliphatic rings. The molecule has 11 heavy (non-hydrogen) atoms. The smallest absolute Gasteiger partial charge is 0.0879 e. The van der Waals surface area contributed by atoms with Gasteiger partial charge in [-0.15, -0.1) is 0 Å². The van der Waals surface area contributed by atoms with E-state index in [9.17, 15) is 0 Å². The average molecular weight is 184 g/mol. The van der Waals surface area contributed by atoms with Crippen LogP contribution in [-0.2, 0) is 17.4 Å². The van der Waals surface area contributed by atoms with Gasteiger partial charge in [-0.25, -0.2) is 0 Å². The van der Waals surface area contributed by atoms with Crippen molar-refractivity contribution in [2.75, 3.05) is 0 Å². The predicted octanol–water partition coefficient (Wildman–Crippen LogP) is 2.38. The molecule has 3 aliphatic carbocycles. The minimum Gasteiger partial charge on any atom is -0.0879 e. The third-order valence-electron chi connectivity index (χ3n) is 3.46. The SMILES string of the molecule is C1=CC2C3C=CC(C3)C2C1.[Cr+2]. The molecule has 0 radical (unpaired) electrons. The first-order valence-corrected chi connectivity index (χ1v) is 4.30. The van der Waals surface area contributed by atoms with Crippen LogP contribution in [0.3, 0.4) is 0 Å². The van der Waals surface area contributed by atoms with Crippen LogP contribution in [-0.4, -0.2) is 0 Å². The number of allylic oxidation sites excluding steroid dienone is 4. The molecule has 0 nitrogen and oxygen atoms in total. The van der Waals surface area contributed by atoms with Crippen LogP contribution in [0.2, 0.25) is 0 Å². The van der Waals surface area contributed by atoms with Gasteiger partial charge in [-0.05, 0) is 36.5 Å². The number of hydrogen-bond donors (Lipinski definition) is 0. The Morgan fingerprint density at radius 2 is 1.82 bits per heavy atom. The van der Waals surface area contributed by atoms with Crippen LogP contribution in [0.1, 0.15) is 12.8 Å². The quantitative estimate of drug-likeness (QED) is 0.507. The Morgan fingerprint density at radius 1 is 1.00 bits per heavy atom. The molecular formula is C10H12Cr+2. The summed E-state index contributed by atoms with van der Waals surface area (Å²) in [5.74, 6) is 3.82. The van der Waals surface area contributed by atoms with Gasteiger partial charge in [-0.3, -0.25) is 0 Å². The fourth-order valence-electron chi connectivity index (χ4n) is 2.97. The van der Waals surface area contributed by atoms with Crippen molar-refractivity contribution in [1.29, 1.82) is 0 Å². The van der Waals surface area contributed by atoms with E-state index in [2.05, 4.69) is 24.3 Å². The summed E-state index contributed by atoms with van der Waals surface area (Å²) in [4.78, 5) is 0. The van der Waals surface area contributed by atoms with E-state index >= 15 is 0 Å². The summed E-state index contributed by atoms with van der Waals surface area (Å²) in [5, 5.41) is 0. The molecule has 0 saturated heterocycles. The van der Waals surface area contributed by atoms with E-state index in [-0.39, 0.29) is 17.4 Å². The largest absolute Gasteiger partial charge is 2.00 e. The molecule has 3 rings (SSSR count). The average Bonchev–Trinajstić information content (AvgIpc) is 2.60. The maximum absolute atomic E-state index is 2.44. The van der Waals surface area contributed by atoms with Crippen LogP contribution < -0.4 is 0 Å². The molecule has 2 bridgehead atoms. The van der Waals surface area contributed by atoms with E-state index in [1.165, 1.54) is 12.8 Å². The summed E-state index contributed by atoms with van der Waals surface area (Å²) in [6, 6.07) is 0. The Hall–Kier alpha value is 0.0125. The maximum atomic E-state index is 2.44. The molecule has 0 aliphatic heterocycles. The first kappa shape index (κ1) is 7.65. The molecule has 1 saturated carbocycles. The summed E-state index contributed by atoms with van der Waals surface area (Å²) < 4.78 is 0. The first-order chi connectivity index (χ1) is 4.95. The predicted molar refractivity (Wildman–Crippen MR) is 41.5 cm³/mol. The minimum absolute atomic E-state index is 0. The van der Waals surface area contributed by atoms with E-state index in [1.54, 1.807) is 0 Å². The topological polar surface area (TPSA) is 0 Å². The van der Waals surface area contributed by atoms with Crippen LogP contribution in [0.4, 0.5) is 0 Å². The van der Waals surface area contributed by atoms with E-state index in [1.807, 2.05) is 0 Å². The van der Waals surface area contributed by atoms with Crippen LogP contribution >= 0.6 is 0 Å². The van der Waals surface area contributed by atoms with Crippen LogP contribution in [0.15, 0.2) is 24.3 Å². The van der Waals surface area contributed by atoms with E-state index < -0.39 is 0 Å². The van der Waals surface area contributed by atoms with E-state index in [4.69, 9.17) is 0 Å². The van der Waals surface area contributed by atoms with Gasteiger partial charge in [0.2, 0.25) is 0 Å². The molecular weight excluding hydrogens is 172 g/mol. The molecule has 0 aromatic carbocycles. The second kappa shape index (κ2) is 2.51. The second-order valence-electron chi connectivity index (χ2n) is 3.85. The summed E-state index contributed by atoms with van der Waals surface area (Å²) in [6.07, 6.45) is 12.5. The van der Waals surface area contributed by atoms with Gasteiger partial charge in [0.05, 0.1) is 0 Å². The van der Waals surface area contributed by atoms with E-state index in [0.29, 0.717) is 0 Å². The molecule has 0 aromatic heterocycles. The molecule has 1 heteroatoms. The van der Waals surface area contributed by atoms with Gasteiger partial charge < -0.3 is 0 Å². The molecule has 4 unspecified atom stereocenters. The summed E-state index contributed by atoms with van der Waals surface area (Å²) in [5.41, 5.74) is 0. The van der Waals surface area contributed by atoms with Crippen molar-refractivity contribution in [3.63, 3.8) is 0 Å². The third kappa shape index (κ3) is 0.881. The molecule has 0 heterocycles. The van der Waals surface area contributed by atoms with Gasteiger partial charge in [0.25, 0.3) is 0 Å². The molecule has 0 amide bonds. The number of fused-ring (bicyclic) bond motifs is 5. The molecule has 0 aromatic rings. The molecule has 1 fully saturated rings. The molecule has 0 N–H and O–H groups in total. The van der Waals surface area contributed by atoms with Crippen LogP contribution in [0, 0.1) is 23.7 Å².